The normalized spacial score (nSPS) is 9.45. The number of nitro groups is 1. The molecule has 0 fully saturated rings. The van der Waals surface area contributed by atoms with Gasteiger partial charge in [-0.05, 0) is 12.1 Å². The van der Waals surface area contributed by atoms with Crippen LogP contribution in [0.3, 0.4) is 0 Å². The van der Waals surface area contributed by atoms with Crippen molar-refractivity contribution < 1.29 is 15.1 Å². The molecule has 1 radical (unpaired) electrons. The fourth-order valence-electron chi connectivity index (χ4n) is 0.607. The van der Waals surface area contributed by atoms with Crippen LogP contribution in [-0.4, -0.2) is 15.1 Å². The lowest BCUT2D eigenvalue weighted by atomic mass is 10.3. The number of phenolic OH excluding ortho intramolecular Hbond substituents is 2. The van der Waals surface area contributed by atoms with Gasteiger partial charge in [0.25, 0.3) is 0 Å². The van der Waals surface area contributed by atoms with Crippen LogP contribution in [0.5, 0.6) is 11.5 Å². The zero-order valence-electron chi connectivity index (χ0n) is 5.31. The standard InChI is InChI=1S/C6H4NO4/c8-5-3-1-2-4(6(5)9)7(10)11/h2-3,8-9H. The Kier molecular flexibility index (Phi) is 1.63. The number of nitrogens with zero attached hydrogens (tertiary/aromatic N) is 1. The van der Waals surface area contributed by atoms with Gasteiger partial charge in [-0.25, -0.2) is 0 Å². The summed E-state index contributed by atoms with van der Waals surface area (Å²) < 4.78 is 0. The maximum Gasteiger partial charge on any atom is 0.315 e. The Morgan fingerprint density at radius 1 is 1.45 bits per heavy atom. The highest BCUT2D eigenvalue weighted by Crippen LogP contribution is 2.33. The fourth-order valence-corrected chi connectivity index (χ4v) is 0.607. The SMILES string of the molecule is O=[N+]([O-])c1c[c]cc(O)c1O. The van der Waals surface area contributed by atoms with Crippen molar-refractivity contribution >= 4 is 5.69 Å². The van der Waals surface area contributed by atoms with E-state index in [9.17, 15) is 10.1 Å². The minimum Gasteiger partial charge on any atom is -0.504 e. The fraction of sp³-hybridized carbons (Fsp3) is 0. The van der Waals surface area contributed by atoms with Crippen LogP contribution in [-0.2, 0) is 0 Å². The average molecular weight is 154 g/mol. The Bertz CT molecular complexity index is 297. The van der Waals surface area contributed by atoms with Crippen LogP contribution in [0, 0.1) is 16.2 Å². The second-order valence-corrected chi connectivity index (χ2v) is 1.83. The molecule has 1 rings (SSSR count). The van der Waals surface area contributed by atoms with Crippen molar-refractivity contribution in [2.45, 2.75) is 0 Å². The number of phenols is 2. The summed E-state index contributed by atoms with van der Waals surface area (Å²) in [5.41, 5.74) is -0.551. The summed E-state index contributed by atoms with van der Waals surface area (Å²) in [7, 11) is 0. The van der Waals surface area contributed by atoms with Gasteiger partial charge in [0.2, 0.25) is 5.75 Å². The lowest BCUT2D eigenvalue weighted by molar-refractivity contribution is -0.386. The summed E-state index contributed by atoms with van der Waals surface area (Å²) in [5, 5.41) is 27.7. The van der Waals surface area contributed by atoms with Crippen LogP contribution in [0.1, 0.15) is 0 Å². The van der Waals surface area contributed by atoms with Gasteiger partial charge in [0, 0.05) is 6.07 Å². The molecular weight excluding hydrogens is 150 g/mol. The summed E-state index contributed by atoms with van der Waals surface area (Å²) in [4.78, 5) is 9.29. The van der Waals surface area contributed by atoms with Crippen molar-refractivity contribution in [2.75, 3.05) is 0 Å². The summed E-state index contributed by atoms with van der Waals surface area (Å²) >= 11 is 0. The zero-order valence-corrected chi connectivity index (χ0v) is 5.31. The Morgan fingerprint density at radius 3 is 2.55 bits per heavy atom. The molecule has 0 aromatic heterocycles. The maximum absolute atomic E-state index is 10.1. The molecule has 0 aliphatic heterocycles. The van der Waals surface area contributed by atoms with E-state index in [1.54, 1.807) is 0 Å². The molecule has 5 heteroatoms. The summed E-state index contributed by atoms with van der Waals surface area (Å²) in [6, 6.07) is 4.32. The lowest BCUT2D eigenvalue weighted by Crippen LogP contribution is -1.87. The highest BCUT2D eigenvalue weighted by molar-refractivity contribution is 5.53. The zero-order chi connectivity index (χ0) is 8.43. The van der Waals surface area contributed by atoms with E-state index in [0.29, 0.717) is 0 Å². The molecule has 5 nitrogen and oxygen atoms in total. The highest BCUT2D eigenvalue weighted by Gasteiger charge is 2.15. The van der Waals surface area contributed by atoms with Crippen molar-refractivity contribution in [2.24, 2.45) is 0 Å². The van der Waals surface area contributed by atoms with Gasteiger partial charge in [-0.3, -0.25) is 10.1 Å². The van der Waals surface area contributed by atoms with Crippen molar-refractivity contribution in [3.8, 4) is 11.5 Å². The first-order valence-electron chi connectivity index (χ1n) is 2.69. The van der Waals surface area contributed by atoms with Crippen molar-refractivity contribution in [3.63, 3.8) is 0 Å². The smallest absolute Gasteiger partial charge is 0.315 e. The number of hydrogen-bond acceptors (Lipinski definition) is 4. The molecule has 0 aliphatic carbocycles. The molecule has 0 heterocycles. The average Bonchev–Trinajstić information content (AvgIpc) is 1.94. The number of nitro benzene ring substituents is 1. The summed E-state index contributed by atoms with van der Waals surface area (Å²) in [6.45, 7) is 0. The third-order valence-corrected chi connectivity index (χ3v) is 1.12. The van der Waals surface area contributed by atoms with Gasteiger partial charge in [-0.1, -0.05) is 0 Å². The van der Waals surface area contributed by atoms with E-state index in [-0.39, 0.29) is 0 Å². The minimum absolute atomic E-state index is 0.542. The number of benzene rings is 1. The van der Waals surface area contributed by atoms with Crippen LogP contribution in [0.15, 0.2) is 12.1 Å². The molecule has 0 spiro atoms. The molecule has 0 atom stereocenters. The topological polar surface area (TPSA) is 83.6 Å². The Hall–Kier alpha value is -1.78. The molecule has 1 aromatic carbocycles. The lowest BCUT2D eigenvalue weighted by Gasteiger charge is -1.95. The minimum atomic E-state index is -0.800. The largest absolute Gasteiger partial charge is 0.504 e. The first kappa shape index (κ1) is 7.33. The Morgan fingerprint density at radius 2 is 2.09 bits per heavy atom. The first-order chi connectivity index (χ1) is 5.13. The van der Waals surface area contributed by atoms with Crippen molar-refractivity contribution in [1.82, 2.24) is 0 Å². The number of aromatic hydroxyl groups is 2. The first-order valence-corrected chi connectivity index (χ1v) is 2.69. The monoisotopic (exact) mass is 154 g/mol. The predicted molar refractivity (Wildman–Crippen MR) is 35.3 cm³/mol. The van der Waals surface area contributed by atoms with E-state index in [1.807, 2.05) is 0 Å². The molecule has 1 aromatic rings. The van der Waals surface area contributed by atoms with E-state index in [1.165, 1.54) is 0 Å². The molecule has 0 bridgehead atoms. The maximum atomic E-state index is 10.1. The summed E-state index contributed by atoms with van der Waals surface area (Å²) in [6.07, 6.45) is 0. The van der Waals surface area contributed by atoms with Gasteiger partial charge in [-0.2, -0.15) is 0 Å². The molecule has 2 N–H and O–H groups in total. The second-order valence-electron chi connectivity index (χ2n) is 1.83. The van der Waals surface area contributed by atoms with E-state index < -0.39 is 22.1 Å². The van der Waals surface area contributed by atoms with Gasteiger partial charge in [0.15, 0.2) is 5.75 Å². The molecule has 0 amide bonds. The van der Waals surface area contributed by atoms with Gasteiger partial charge in [0.1, 0.15) is 0 Å². The molecule has 11 heavy (non-hydrogen) atoms. The Balaban J connectivity index is 3.27. The molecule has 57 valence electrons. The molecule has 0 saturated heterocycles. The predicted octanol–water partition coefficient (Wildman–Crippen LogP) is 0.806. The van der Waals surface area contributed by atoms with E-state index >= 15 is 0 Å². The second kappa shape index (κ2) is 2.45. The quantitative estimate of drug-likeness (QED) is 0.356. The van der Waals surface area contributed by atoms with Crippen LogP contribution < -0.4 is 0 Å². The highest BCUT2D eigenvalue weighted by atomic mass is 16.6. The van der Waals surface area contributed by atoms with Crippen molar-refractivity contribution in [3.05, 3.63) is 28.3 Å². The van der Waals surface area contributed by atoms with Crippen LogP contribution in [0.2, 0.25) is 0 Å². The van der Waals surface area contributed by atoms with E-state index in [2.05, 4.69) is 6.07 Å². The van der Waals surface area contributed by atoms with E-state index in [4.69, 9.17) is 10.2 Å². The third kappa shape index (κ3) is 1.21. The summed E-state index contributed by atoms with van der Waals surface area (Å²) in [5.74, 6) is -1.27. The number of hydrogen-bond donors (Lipinski definition) is 2. The molecular formula is C6H4NO4. The van der Waals surface area contributed by atoms with Crippen LogP contribution in [0.4, 0.5) is 5.69 Å². The molecule has 0 aliphatic rings. The van der Waals surface area contributed by atoms with Crippen molar-refractivity contribution in [1.29, 1.82) is 0 Å². The van der Waals surface area contributed by atoms with Crippen LogP contribution in [0.25, 0.3) is 0 Å². The molecule has 0 saturated carbocycles. The third-order valence-electron chi connectivity index (χ3n) is 1.12. The van der Waals surface area contributed by atoms with Gasteiger partial charge in [-0.15, -0.1) is 0 Å². The van der Waals surface area contributed by atoms with Gasteiger partial charge < -0.3 is 10.2 Å². The van der Waals surface area contributed by atoms with Gasteiger partial charge in [0.05, 0.1) is 4.92 Å². The number of rotatable bonds is 1. The van der Waals surface area contributed by atoms with Crippen LogP contribution >= 0.6 is 0 Å². The molecule has 0 unspecified atom stereocenters. The van der Waals surface area contributed by atoms with Gasteiger partial charge >= 0.3 is 5.69 Å². The Labute approximate surface area is 61.7 Å². The van der Waals surface area contributed by atoms with E-state index in [0.717, 1.165) is 12.1 Å².